The molecule has 3 aromatic rings. The molecule has 0 unspecified atom stereocenters. The van der Waals surface area contributed by atoms with Crippen molar-refractivity contribution in [1.29, 1.82) is 0 Å². The number of fused-ring (bicyclic) bond motifs is 1. The molecule has 0 bridgehead atoms. The fourth-order valence-electron chi connectivity index (χ4n) is 3.33. The number of pyridine rings is 1. The Bertz CT molecular complexity index is 940. The summed E-state index contributed by atoms with van der Waals surface area (Å²) in [7, 11) is 0. The van der Waals surface area contributed by atoms with Crippen molar-refractivity contribution < 1.29 is 9.53 Å². The van der Waals surface area contributed by atoms with E-state index in [4.69, 9.17) is 15.5 Å². The number of primary amides is 1. The van der Waals surface area contributed by atoms with Gasteiger partial charge in [-0.2, -0.15) is 0 Å². The number of benzene rings is 1. The van der Waals surface area contributed by atoms with Gasteiger partial charge in [0.25, 0.3) is 0 Å². The van der Waals surface area contributed by atoms with Gasteiger partial charge in [0.2, 0.25) is 5.91 Å². The van der Waals surface area contributed by atoms with Crippen molar-refractivity contribution in [3.63, 3.8) is 0 Å². The fourth-order valence-corrected chi connectivity index (χ4v) is 4.08. The minimum Gasteiger partial charge on any atom is -0.367 e. The average molecular weight is 367 g/mol. The number of amides is 1. The maximum Gasteiger partial charge on any atom is 0.247 e. The summed E-state index contributed by atoms with van der Waals surface area (Å²) in [6.45, 7) is 4.61. The Morgan fingerprint density at radius 1 is 1.38 bits per heavy atom. The monoisotopic (exact) mass is 367 g/mol. The molecule has 0 saturated carbocycles. The smallest absolute Gasteiger partial charge is 0.247 e. The molecule has 1 aromatic carbocycles. The van der Waals surface area contributed by atoms with Crippen LogP contribution in [0.1, 0.15) is 11.1 Å². The topological polar surface area (TPSA) is 68.5 Å². The molecule has 0 aliphatic carbocycles. The van der Waals surface area contributed by atoms with Crippen molar-refractivity contribution in [2.24, 2.45) is 5.73 Å². The molecule has 2 N–H and O–H groups in total. The first kappa shape index (κ1) is 17.1. The standard InChI is InChI=1S/C20H21N3O2S/c1-13-4-5-14-10-15(11-23-6-7-25-17(12-23)20(21)24)19(22-16(14)9-13)18-3-2-8-26-18/h2-5,8-10,17H,6-7,11-12H2,1H3,(H2,21,24)/t17-/m0/s1. The van der Waals surface area contributed by atoms with Crippen molar-refractivity contribution >= 4 is 28.1 Å². The maximum absolute atomic E-state index is 11.5. The van der Waals surface area contributed by atoms with Gasteiger partial charge in [-0.1, -0.05) is 18.2 Å². The van der Waals surface area contributed by atoms with Crippen molar-refractivity contribution in [1.82, 2.24) is 9.88 Å². The van der Waals surface area contributed by atoms with E-state index >= 15 is 0 Å². The average Bonchev–Trinajstić information content (AvgIpc) is 3.16. The molecule has 3 heterocycles. The van der Waals surface area contributed by atoms with Crippen LogP contribution in [0.4, 0.5) is 0 Å². The van der Waals surface area contributed by atoms with Crippen LogP contribution >= 0.6 is 11.3 Å². The summed E-state index contributed by atoms with van der Waals surface area (Å²) in [6, 6.07) is 12.7. The third-order valence-corrected chi connectivity index (χ3v) is 5.55. The Labute approximate surface area is 156 Å². The first-order chi connectivity index (χ1) is 12.6. The van der Waals surface area contributed by atoms with E-state index in [0.29, 0.717) is 13.2 Å². The largest absolute Gasteiger partial charge is 0.367 e. The third-order valence-electron chi connectivity index (χ3n) is 4.67. The molecule has 4 rings (SSSR count). The minimum atomic E-state index is -0.537. The van der Waals surface area contributed by atoms with E-state index in [9.17, 15) is 4.79 Å². The van der Waals surface area contributed by atoms with E-state index < -0.39 is 12.0 Å². The molecule has 0 radical (unpaired) electrons. The van der Waals surface area contributed by atoms with Crippen LogP contribution in [0.2, 0.25) is 0 Å². The molecule has 1 atom stereocenters. The van der Waals surface area contributed by atoms with Gasteiger partial charge in [0.15, 0.2) is 0 Å². The van der Waals surface area contributed by atoms with E-state index in [-0.39, 0.29) is 0 Å². The van der Waals surface area contributed by atoms with Crippen molar-refractivity contribution in [3.05, 3.63) is 52.9 Å². The molecule has 1 amide bonds. The fraction of sp³-hybridized carbons (Fsp3) is 0.300. The highest BCUT2D eigenvalue weighted by molar-refractivity contribution is 7.13. The number of thiophene rings is 1. The van der Waals surface area contributed by atoms with Crippen LogP contribution in [0.25, 0.3) is 21.5 Å². The van der Waals surface area contributed by atoms with Crippen LogP contribution in [0.15, 0.2) is 41.8 Å². The van der Waals surface area contributed by atoms with Gasteiger partial charge < -0.3 is 10.5 Å². The van der Waals surface area contributed by atoms with Gasteiger partial charge in [-0.3, -0.25) is 9.69 Å². The SMILES string of the molecule is Cc1ccc2cc(CN3CCO[C@H](C(N)=O)C3)c(-c3cccs3)nc2c1. The van der Waals surface area contributed by atoms with Crippen molar-refractivity contribution in [2.45, 2.75) is 19.6 Å². The second kappa shape index (κ2) is 7.15. The lowest BCUT2D eigenvalue weighted by Gasteiger charge is -2.31. The zero-order chi connectivity index (χ0) is 18.1. The highest BCUT2D eigenvalue weighted by atomic mass is 32.1. The lowest BCUT2D eigenvalue weighted by atomic mass is 10.1. The second-order valence-corrected chi connectivity index (χ2v) is 7.61. The lowest BCUT2D eigenvalue weighted by Crippen LogP contribution is -2.47. The number of ether oxygens (including phenoxy) is 1. The summed E-state index contributed by atoms with van der Waals surface area (Å²) < 4.78 is 5.46. The number of hydrogen-bond acceptors (Lipinski definition) is 5. The molecule has 2 aromatic heterocycles. The van der Waals surface area contributed by atoms with Crippen molar-refractivity contribution in [3.8, 4) is 10.6 Å². The molecule has 0 spiro atoms. The van der Waals surface area contributed by atoms with Crippen LogP contribution in [0.3, 0.4) is 0 Å². The molecular weight excluding hydrogens is 346 g/mol. The molecular formula is C20H21N3O2S. The van der Waals surface area contributed by atoms with Gasteiger partial charge >= 0.3 is 0 Å². The summed E-state index contributed by atoms with van der Waals surface area (Å²) in [5, 5.41) is 3.20. The molecule has 5 nitrogen and oxygen atoms in total. The van der Waals surface area contributed by atoms with Gasteiger partial charge in [-0.05, 0) is 41.6 Å². The van der Waals surface area contributed by atoms with E-state index in [0.717, 1.165) is 40.1 Å². The Balaban J connectivity index is 1.72. The van der Waals surface area contributed by atoms with Gasteiger partial charge in [0.1, 0.15) is 6.10 Å². The number of carbonyl (C=O) groups excluding carboxylic acids is 1. The maximum atomic E-state index is 11.5. The Morgan fingerprint density at radius 3 is 3.04 bits per heavy atom. The van der Waals surface area contributed by atoms with E-state index in [2.05, 4.69) is 47.5 Å². The number of aromatic nitrogens is 1. The van der Waals surface area contributed by atoms with Crippen molar-refractivity contribution in [2.75, 3.05) is 19.7 Å². The summed E-state index contributed by atoms with van der Waals surface area (Å²) in [5.74, 6) is -0.403. The Morgan fingerprint density at radius 2 is 2.27 bits per heavy atom. The molecule has 1 saturated heterocycles. The lowest BCUT2D eigenvalue weighted by molar-refractivity contribution is -0.135. The van der Waals surface area contributed by atoms with Gasteiger partial charge in [0, 0.05) is 25.0 Å². The molecule has 1 aliphatic heterocycles. The van der Waals surface area contributed by atoms with Gasteiger partial charge in [-0.15, -0.1) is 11.3 Å². The Hall–Kier alpha value is -2.28. The van der Waals surface area contributed by atoms with E-state index in [1.54, 1.807) is 11.3 Å². The summed E-state index contributed by atoms with van der Waals surface area (Å²) in [5.41, 5.74) is 9.80. The van der Waals surface area contributed by atoms with Crippen LogP contribution < -0.4 is 5.73 Å². The second-order valence-electron chi connectivity index (χ2n) is 6.67. The van der Waals surface area contributed by atoms with Crippen LogP contribution in [0.5, 0.6) is 0 Å². The zero-order valence-corrected chi connectivity index (χ0v) is 15.5. The molecule has 26 heavy (non-hydrogen) atoms. The predicted molar refractivity (Wildman–Crippen MR) is 104 cm³/mol. The Kier molecular flexibility index (Phi) is 4.72. The number of aryl methyl sites for hydroxylation is 1. The van der Waals surface area contributed by atoms with Crippen LogP contribution in [-0.4, -0.2) is 41.6 Å². The van der Waals surface area contributed by atoms with Crippen LogP contribution in [-0.2, 0) is 16.1 Å². The first-order valence-corrected chi connectivity index (χ1v) is 9.55. The van der Waals surface area contributed by atoms with Gasteiger partial charge in [-0.25, -0.2) is 4.98 Å². The number of nitrogens with two attached hydrogens (primary N) is 1. The normalized spacial score (nSPS) is 18.3. The quantitative estimate of drug-likeness (QED) is 0.770. The number of carbonyl (C=O) groups is 1. The zero-order valence-electron chi connectivity index (χ0n) is 14.6. The van der Waals surface area contributed by atoms with Crippen LogP contribution in [0, 0.1) is 6.92 Å². The summed E-state index contributed by atoms with van der Waals surface area (Å²) in [4.78, 5) is 19.8. The predicted octanol–water partition coefficient (Wildman–Crippen LogP) is 2.96. The summed E-state index contributed by atoms with van der Waals surface area (Å²) in [6.07, 6.45) is -0.537. The third kappa shape index (κ3) is 3.49. The number of nitrogens with zero attached hydrogens (tertiary/aromatic N) is 2. The van der Waals surface area contributed by atoms with E-state index in [1.165, 1.54) is 5.56 Å². The molecule has 134 valence electrons. The molecule has 1 aliphatic rings. The number of hydrogen-bond donors (Lipinski definition) is 1. The van der Waals surface area contributed by atoms with E-state index in [1.807, 2.05) is 6.07 Å². The highest BCUT2D eigenvalue weighted by Gasteiger charge is 2.25. The summed E-state index contributed by atoms with van der Waals surface area (Å²) >= 11 is 1.69. The minimum absolute atomic E-state index is 0.403. The number of rotatable bonds is 4. The molecule has 1 fully saturated rings. The highest BCUT2D eigenvalue weighted by Crippen LogP contribution is 2.30. The van der Waals surface area contributed by atoms with Gasteiger partial charge in [0.05, 0.1) is 22.7 Å². The first-order valence-electron chi connectivity index (χ1n) is 8.67. The molecule has 6 heteroatoms. The number of morpholine rings is 1.